The Balaban J connectivity index is 1.62. The lowest BCUT2D eigenvalue weighted by Gasteiger charge is -2.11. The third-order valence-electron chi connectivity index (χ3n) is 3.94. The molecule has 8 heteroatoms. The quantitative estimate of drug-likeness (QED) is 0.842. The lowest BCUT2D eigenvalue weighted by atomic mass is 10.2. The molecule has 0 aliphatic carbocycles. The van der Waals surface area contributed by atoms with Crippen molar-refractivity contribution in [3.8, 4) is 5.75 Å². The zero-order valence-electron chi connectivity index (χ0n) is 13.7. The number of sulfone groups is 1. The Hall–Kier alpha value is -2.61. The third-order valence-corrected chi connectivity index (χ3v) is 5.70. The van der Waals surface area contributed by atoms with Crippen LogP contribution in [-0.4, -0.2) is 44.0 Å². The van der Waals surface area contributed by atoms with Gasteiger partial charge in [0, 0.05) is 24.0 Å². The first-order valence-electron chi connectivity index (χ1n) is 7.83. The molecule has 1 aliphatic rings. The van der Waals surface area contributed by atoms with Crippen LogP contribution in [0.3, 0.4) is 0 Å². The highest BCUT2D eigenvalue weighted by atomic mass is 32.2. The van der Waals surface area contributed by atoms with E-state index in [0.29, 0.717) is 17.8 Å². The summed E-state index contributed by atoms with van der Waals surface area (Å²) in [5, 5.41) is 5.87. The standard InChI is InChI=1S/C17H19N3O4S/c1-24-15-4-2-3-13(9-15)19-16-6-5-12(10-18-16)17(21)20-14-7-8-25(22,23)11-14/h2-6,9-10,14H,7-8,11H2,1H3,(H,18,19)(H,20,21). The van der Waals surface area contributed by atoms with Crippen molar-refractivity contribution in [3.05, 3.63) is 48.2 Å². The Bertz CT molecular complexity index is 866. The number of methoxy groups -OCH3 is 1. The van der Waals surface area contributed by atoms with Crippen molar-refractivity contribution in [3.63, 3.8) is 0 Å². The molecule has 2 aromatic rings. The van der Waals surface area contributed by atoms with E-state index in [1.807, 2.05) is 24.3 Å². The molecule has 0 bridgehead atoms. The summed E-state index contributed by atoms with van der Waals surface area (Å²) in [5.74, 6) is 1.13. The van der Waals surface area contributed by atoms with E-state index in [2.05, 4.69) is 15.6 Å². The Morgan fingerprint density at radius 1 is 1.28 bits per heavy atom. The van der Waals surface area contributed by atoms with E-state index in [0.717, 1.165) is 11.4 Å². The summed E-state index contributed by atoms with van der Waals surface area (Å²) in [5.41, 5.74) is 1.21. The number of ether oxygens (including phenoxy) is 1. The van der Waals surface area contributed by atoms with Crippen LogP contribution in [0.2, 0.25) is 0 Å². The summed E-state index contributed by atoms with van der Waals surface area (Å²) in [6, 6.07) is 10.4. The zero-order chi connectivity index (χ0) is 17.9. The maximum absolute atomic E-state index is 12.2. The third kappa shape index (κ3) is 4.48. The topological polar surface area (TPSA) is 97.4 Å². The van der Waals surface area contributed by atoms with E-state index in [9.17, 15) is 13.2 Å². The van der Waals surface area contributed by atoms with E-state index >= 15 is 0 Å². The van der Waals surface area contributed by atoms with Gasteiger partial charge in [-0.05, 0) is 30.7 Å². The fourth-order valence-corrected chi connectivity index (χ4v) is 4.30. The van der Waals surface area contributed by atoms with Gasteiger partial charge in [-0.2, -0.15) is 0 Å². The highest BCUT2D eigenvalue weighted by Gasteiger charge is 2.29. The first kappa shape index (κ1) is 17.2. The van der Waals surface area contributed by atoms with Crippen LogP contribution in [0.4, 0.5) is 11.5 Å². The summed E-state index contributed by atoms with van der Waals surface area (Å²) < 4.78 is 28.0. The van der Waals surface area contributed by atoms with Crippen LogP contribution >= 0.6 is 0 Å². The fraction of sp³-hybridized carbons (Fsp3) is 0.294. The highest BCUT2D eigenvalue weighted by Crippen LogP contribution is 2.20. The van der Waals surface area contributed by atoms with Gasteiger partial charge in [-0.1, -0.05) is 6.07 Å². The van der Waals surface area contributed by atoms with Crippen molar-refractivity contribution in [1.29, 1.82) is 0 Å². The number of carbonyl (C=O) groups is 1. The van der Waals surface area contributed by atoms with Gasteiger partial charge < -0.3 is 15.4 Å². The summed E-state index contributed by atoms with van der Waals surface area (Å²) in [7, 11) is -1.42. The predicted octanol–water partition coefficient (Wildman–Crippen LogP) is 1.75. The van der Waals surface area contributed by atoms with Crippen molar-refractivity contribution < 1.29 is 17.9 Å². The first-order chi connectivity index (χ1) is 11.9. The van der Waals surface area contributed by atoms with Crippen molar-refractivity contribution in [1.82, 2.24) is 10.3 Å². The molecule has 25 heavy (non-hydrogen) atoms. The van der Waals surface area contributed by atoms with E-state index in [1.54, 1.807) is 19.2 Å². The molecule has 1 atom stereocenters. The molecule has 0 radical (unpaired) electrons. The number of rotatable bonds is 5. The average Bonchev–Trinajstić information content (AvgIpc) is 2.94. The van der Waals surface area contributed by atoms with E-state index < -0.39 is 9.84 Å². The Morgan fingerprint density at radius 2 is 2.12 bits per heavy atom. The monoisotopic (exact) mass is 361 g/mol. The molecule has 1 amide bonds. The van der Waals surface area contributed by atoms with Gasteiger partial charge in [-0.25, -0.2) is 13.4 Å². The molecular weight excluding hydrogens is 342 g/mol. The molecule has 1 aromatic heterocycles. The molecule has 7 nitrogen and oxygen atoms in total. The maximum atomic E-state index is 12.2. The number of anilines is 2. The summed E-state index contributed by atoms with van der Waals surface area (Å²) in [4.78, 5) is 16.4. The molecule has 2 heterocycles. The Kier molecular flexibility index (Phi) is 4.89. The van der Waals surface area contributed by atoms with Crippen LogP contribution < -0.4 is 15.4 Å². The number of nitrogens with zero attached hydrogens (tertiary/aromatic N) is 1. The van der Waals surface area contributed by atoms with Gasteiger partial charge in [-0.3, -0.25) is 4.79 Å². The van der Waals surface area contributed by atoms with Gasteiger partial charge in [0.15, 0.2) is 9.84 Å². The van der Waals surface area contributed by atoms with Crippen LogP contribution in [0, 0.1) is 0 Å². The number of benzene rings is 1. The maximum Gasteiger partial charge on any atom is 0.253 e. The smallest absolute Gasteiger partial charge is 0.253 e. The lowest BCUT2D eigenvalue weighted by Crippen LogP contribution is -2.35. The van der Waals surface area contributed by atoms with Crippen molar-refractivity contribution >= 4 is 27.2 Å². The first-order valence-corrected chi connectivity index (χ1v) is 9.66. The summed E-state index contributed by atoms with van der Waals surface area (Å²) in [6.07, 6.45) is 1.91. The van der Waals surface area contributed by atoms with Gasteiger partial charge in [0.05, 0.1) is 24.2 Å². The molecular formula is C17H19N3O4S. The Labute approximate surface area is 146 Å². The number of hydrogen-bond donors (Lipinski definition) is 2. The number of amides is 1. The number of aromatic nitrogens is 1. The SMILES string of the molecule is COc1cccc(Nc2ccc(C(=O)NC3CCS(=O)(=O)C3)cn2)c1. The largest absolute Gasteiger partial charge is 0.497 e. The van der Waals surface area contributed by atoms with Crippen molar-refractivity contribution in [2.45, 2.75) is 12.5 Å². The molecule has 0 saturated carbocycles. The van der Waals surface area contributed by atoms with Gasteiger partial charge in [0.25, 0.3) is 5.91 Å². The van der Waals surface area contributed by atoms with Gasteiger partial charge in [-0.15, -0.1) is 0 Å². The van der Waals surface area contributed by atoms with Crippen molar-refractivity contribution in [2.75, 3.05) is 23.9 Å². The molecule has 3 rings (SSSR count). The normalized spacial score (nSPS) is 18.5. The second-order valence-electron chi connectivity index (χ2n) is 5.86. The minimum Gasteiger partial charge on any atom is -0.497 e. The zero-order valence-corrected chi connectivity index (χ0v) is 14.5. The molecule has 1 aliphatic heterocycles. The Morgan fingerprint density at radius 3 is 2.76 bits per heavy atom. The fourth-order valence-electron chi connectivity index (χ4n) is 2.63. The molecule has 1 saturated heterocycles. The van der Waals surface area contributed by atoms with Gasteiger partial charge >= 0.3 is 0 Å². The van der Waals surface area contributed by atoms with Crippen LogP contribution in [0.25, 0.3) is 0 Å². The summed E-state index contributed by atoms with van der Waals surface area (Å²) >= 11 is 0. The minimum atomic E-state index is -3.02. The van der Waals surface area contributed by atoms with Crippen LogP contribution in [0.15, 0.2) is 42.6 Å². The van der Waals surface area contributed by atoms with Crippen LogP contribution in [0.1, 0.15) is 16.8 Å². The number of nitrogens with one attached hydrogen (secondary N) is 2. The predicted molar refractivity (Wildman–Crippen MR) is 95.0 cm³/mol. The van der Waals surface area contributed by atoms with E-state index in [1.165, 1.54) is 6.20 Å². The minimum absolute atomic E-state index is 0.00163. The van der Waals surface area contributed by atoms with Crippen molar-refractivity contribution in [2.24, 2.45) is 0 Å². The van der Waals surface area contributed by atoms with Crippen LogP contribution in [-0.2, 0) is 9.84 Å². The molecule has 2 N–H and O–H groups in total. The second kappa shape index (κ2) is 7.10. The lowest BCUT2D eigenvalue weighted by molar-refractivity contribution is 0.0941. The van der Waals surface area contributed by atoms with Gasteiger partial charge in [0.2, 0.25) is 0 Å². The molecule has 1 fully saturated rings. The highest BCUT2D eigenvalue weighted by molar-refractivity contribution is 7.91. The molecule has 1 unspecified atom stereocenters. The number of pyridine rings is 1. The summed E-state index contributed by atoms with van der Waals surface area (Å²) in [6.45, 7) is 0. The second-order valence-corrected chi connectivity index (χ2v) is 8.09. The molecule has 132 valence electrons. The number of carbonyl (C=O) groups excluding carboxylic acids is 1. The molecule has 1 aromatic carbocycles. The molecule has 0 spiro atoms. The van der Waals surface area contributed by atoms with E-state index in [-0.39, 0.29) is 23.5 Å². The van der Waals surface area contributed by atoms with Gasteiger partial charge in [0.1, 0.15) is 11.6 Å². The van der Waals surface area contributed by atoms with E-state index in [4.69, 9.17) is 4.74 Å². The number of hydrogen-bond acceptors (Lipinski definition) is 6. The van der Waals surface area contributed by atoms with Crippen LogP contribution in [0.5, 0.6) is 5.75 Å². The average molecular weight is 361 g/mol.